The number of fused-ring (bicyclic) bond motifs is 3. The van der Waals surface area contributed by atoms with Gasteiger partial charge in [0.25, 0.3) is 0 Å². The number of ether oxygens (including phenoxy) is 1. The van der Waals surface area contributed by atoms with Gasteiger partial charge in [0, 0.05) is 0 Å². The third-order valence-electron chi connectivity index (χ3n) is 4.76. The number of esters is 1. The van der Waals surface area contributed by atoms with Gasteiger partial charge < -0.3 is 13.7 Å². The number of nitrogens with zero attached hydrogens (tertiary/aromatic N) is 4. The molecule has 7 heteroatoms. The Morgan fingerprint density at radius 1 is 0.966 bits per heavy atom. The normalized spacial score (nSPS) is 11.5. The number of hydrogen-bond acceptors (Lipinski definition) is 6. The highest BCUT2D eigenvalue weighted by molar-refractivity contribution is 5.96. The molecule has 7 nitrogen and oxygen atoms in total. The zero-order valence-corrected chi connectivity index (χ0v) is 16.0. The summed E-state index contributed by atoms with van der Waals surface area (Å²) in [6.45, 7) is 4.01. The Labute approximate surface area is 166 Å². The number of aryl methyl sites for hydroxylation is 1. The molecule has 5 rings (SSSR count). The summed E-state index contributed by atoms with van der Waals surface area (Å²) in [7, 11) is 0. The Hall–Kier alpha value is -3.74. The van der Waals surface area contributed by atoms with Gasteiger partial charge in [-0.25, -0.2) is 15.0 Å². The molecule has 2 aromatic carbocycles. The largest absolute Gasteiger partial charge is 0.465 e. The first-order valence-electron chi connectivity index (χ1n) is 9.41. The number of carbonyl (C=O) groups excluding carboxylic acids is 1. The van der Waals surface area contributed by atoms with Gasteiger partial charge >= 0.3 is 5.97 Å². The number of furan rings is 1. The summed E-state index contributed by atoms with van der Waals surface area (Å²) in [5.41, 5.74) is 4.63. The fourth-order valence-electron chi connectivity index (χ4n) is 3.48. The molecule has 0 bridgehead atoms. The molecule has 3 aromatic heterocycles. The van der Waals surface area contributed by atoms with Crippen molar-refractivity contribution in [2.75, 3.05) is 6.61 Å². The number of carbonyl (C=O) groups is 1. The molecule has 0 aliphatic carbocycles. The van der Waals surface area contributed by atoms with E-state index < -0.39 is 0 Å². The van der Waals surface area contributed by atoms with Gasteiger partial charge in [-0.3, -0.25) is 4.79 Å². The maximum absolute atomic E-state index is 12.3. The van der Waals surface area contributed by atoms with Crippen LogP contribution in [0.3, 0.4) is 0 Å². The standard InChI is InChI=1S/C22H18N4O3/c1-3-28-21(27)12-26-19-11-17-16(23-14-6-4-5-7-15(14)24-17)10-18(19)25-22(26)20-9-8-13(2)29-20/h4-11H,3,12H2,1-2H3. The first-order chi connectivity index (χ1) is 14.1. The molecule has 0 unspecified atom stereocenters. The average Bonchev–Trinajstić information content (AvgIpc) is 3.28. The van der Waals surface area contributed by atoms with Crippen LogP contribution in [0.2, 0.25) is 0 Å². The van der Waals surface area contributed by atoms with Crippen molar-refractivity contribution in [3.05, 3.63) is 54.3 Å². The van der Waals surface area contributed by atoms with Crippen LogP contribution in [0.15, 0.2) is 52.9 Å². The van der Waals surface area contributed by atoms with Crippen LogP contribution in [0, 0.1) is 6.92 Å². The van der Waals surface area contributed by atoms with Crippen molar-refractivity contribution < 1.29 is 13.9 Å². The van der Waals surface area contributed by atoms with Gasteiger partial charge in [-0.05, 0) is 50.2 Å². The molecule has 0 aliphatic heterocycles. The molecule has 0 radical (unpaired) electrons. The molecule has 0 amide bonds. The summed E-state index contributed by atoms with van der Waals surface area (Å²) >= 11 is 0. The average molecular weight is 386 g/mol. The van der Waals surface area contributed by atoms with Crippen molar-refractivity contribution in [2.24, 2.45) is 0 Å². The number of para-hydroxylation sites is 2. The van der Waals surface area contributed by atoms with Crippen molar-refractivity contribution >= 4 is 39.1 Å². The van der Waals surface area contributed by atoms with E-state index in [0.717, 1.165) is 38.9 Å². The molecular formula is C22H18N4O3. The number of benzene rings is 2. The van der Waals surface area contributed by atoms with Crippen LogP contribution >= 0.6 is 0 Å². The van der Waals surface area contributed by atoms with E-state index in [2.05, 4.69) is 0 Å². The van der Waals surface area contributed by atoms with Crippen LogP contribution in [0.5, 0.6) is 0 Å². The van der Waals surface area contributed by atoms with Crippen molar-refractivity contribution in [3.63, 3.8) is 0 Å². The predicted molar refractivity (Wildman–Crippen MR) is 109 cm³/mol. The number of aromatic nitrogens is 4. The minimum absolute atomic E-state index is 0.0337. The van der Waals surface area contributed by atoms with Gasteiger partial charge in [0.05, 0.1) is 39.7 Å². The van der Waals surface area contributed by atoms with E-state index in [1.165, 1.54) is 0 Å². The first kappa shape index (κ1) is 17.4. The highest BCUT2D eigenvalue weighted by Gasteiger charge is 2.19. The van der Waals surface area contributed by atoms with E-state index in [0.29, 0.717) is 18.2 Å². The second kappa shape index (κ2) is 6.70. The molecular weight excluding hydrogens is 368 g/mol. The zero-order valence-electron chi connectivity index (χ0n) is 16.0. The Balaban J connectivity index is 1.77. The Bertz CT molecular complexity index is 1380. The molecule has 0 N–H and O–H groups in total. The summed E-state index contributed by atoms with van der Waals surface area (Å²) in [6, 6.07) is 15.3. The van der Waals surface area contributed by atoms with Gasteiger partial charge in [0.2, 0.25) is 0 Å². The molecule has 0 saturated carbocycles. The lowest BCUT2D eigenvalue weighted by atomic mass is 10.2. The van der Waals surface area contributed by atoms with Crippen molar-refractivity contribution in [2.45, 2.75) is 20.4 Å². The smallest absolute Gasteiger partial charge is 0.326 e. The van der Waals surface area contributed by atoms with Crippen LogP contribution < -0.4 is 0 Å². The predicted octanol–water partition coefficient (Wildman–Crippen LogP) is 4.26. The third kappa shape index (κ3) is 3.00. The Morgan fingerprint density at radius 2 is 1.69 bits per heavy atom. The molecule has 5 aromatic rings. The lowest BCUT2D eigenvalue weighted by molar-refractivity contribution is -0.143. The van der Waals surface area contributed by atoms with Crippen LogP contribution in [-0.2, 0) is 16.1 Å². The molecule has 0 fully saturated rings. The van der Waals surface area contributed by atoms with Crippen molar-refractivity contribution in [1.29, 1.82) is 0 Å². The van der Waals surface area contributed by atoms with Crippen molar-refractivity contribution in [1.82, 2.24) is 19.5 Å². The third-order valence-corrected chi connectivity index (χ3v) is 4.76. The van der Waals surface area contributed by atoms with Gasteiger partial charge in [0.1, 0.15) is 12.3 Å². The van der Waals surface area contributed by atoms with E-state index >= 15 is 0 Å². The van der Waals surface area contributed by atoms with E-state index in [1.807, 2.05) is 60.0 Å². The minimum Gasteiger partial charge on any atom is -0.465 e. The summed E-state index contributed by atoms with van der Waals surface area (Å²) < 4.78 is 12.7. The summed E-state index contributed by atoms with van der Waals surface area (Å²) in [5.74, 6) is 1.61. The van der Waals surface area contributed by atoms with E-state index in [9.17, 15) is 4.79 Å². The second-order valence-electron chi connectivity index (χ2n) is 6.78. The topological polar surface area (TPSA) is 83.0 Å². The van der Waals surface area contributed by atoms with Crippen LogP contribution in [0.4, 0.5) is 0 Å². The number of rotatable bonds is 4. The lowest BCUT2D eigenvalue weighted by Crippen LogP contribution is -2.14. The maximum atomic E-state index is 12.3. The summed E-state index contributed by atoms with van der Waals surface area (Å²) in [4.78, 5) is 26.4. The molecule has 0 spiro atoms. The molecule has 0 aliphatic rings. The Morgan fingerprint density at radius 3 is 2.34 bits per heavy atom. The molecule has 3 heterocycles. The SMILES string of the molecule is CCOC(=O)Cn1c(-c2ccc(C)o2)nc2cc3nc4ccccc4nc3cc21. The summed E-state index contributed by atoms with van der Waals surface area (Å²) in [5, 5.41) is 0. The zero-order chi connectivity index (χ0) is 20.0. The van der Waals surface area contributed by atoms with E-state index in [4.69, 9.17) is 24.1 Å². The van der Waals surface area contributed by atoms with Crippen molar-refractivity contribution in [3.8, 4) is 11.6 Å². The van der Waals surface area contributed by atoms with E-state index in [-0.39, 0.29) is 12.5 Å². The monoisotopic (exact) mass is 386 g/mol. The molecule has 0 saturated heterocycles. The van der Waals surface area contributed by atoms with Crippen LogP contribution in [-0.4, -0.2) is 32.1 Å². The minimum atomic E-state index is -0.332. The van der Waals surface area contributed by atoms with Gasteiger partial charge in [-0.15, -0.1) is 0 Å². The molecule has 144 valence electrons. The highest BCUT2D eigenvalue weighted by Crippen LogP contribution is 2.29. The van der Waals surface area contributed by atoms with Gasteiger partial charge in [-0.2, -0.15) is 0 Å². The van der Waals surface area contributed by atoms with Gasteiger partial charge in [-0.1, -0.05) is 12.1 Å². The first-order valence-corrected chi connectivity index (χ1v) is 9.41. The Kier molecular flexibility index (Phi) is 4.01. The van der Waals surface area contributed by atoms with Crippen LogP contribution in [0.1, 0.15) is 12.7 Å². The number of imidazole rings is 1. The number of hydrogen-bond donors (Lipinski definition) is 0. The lowest BCUT2D eigenvalue weighted by Gasteiger charge is -2.08. The second-order valence-corrected chi connectivity index (χ2v) is 6.78. The summed E-state index contributed by atoms with van der Waals surface area (Å²) in [6.07, 6.45) is 0. The van der Waals surface area contributed by atoms with E-state index in [1.54, 1.807) is 6.92 Å². The fraction of sp³-hybridized carbons (Fsp3) is 0.182. The molecule has 0 atom stereocenters. The van der Waals surface area contributed by atoms with Gasteiger partial charge in [0.15, 0.2) is 11.6 Å². The molecule has 29 heavy (non-hydrogen) atoms. The quantitative estimate of drug-likeness (QED) is 0.339. The maximum Gasteiger partial charge on any atom is 0.326 e. The fourth-order valence-corrected chi connectivity index (χ4v) is 3.48. The van der Waals surface area contributed by atoms with Crippen LogP contribution in [0.25, 0.3) is 44.7 Å². The highest BCUT2D eigenvalue weighted by atomic mass is 16.5.